The van der Waals surface area contributed by atoms with Gasteiger partial charge in [-0.25, -0.2) is 0 Å². The van der Waals surface area contributed by atoms with Gasteiger partial charge in [0.1, 0.15) is 0 Å². The molecule has 0 heterocycles. The first kappa shape index (κ1) is 13.3. The van der Waals surface area contributed by atoms with Crippen LogP contribution in [-0.2, 0) is 0 Å². The summed E-state index contributed by atoms with van der Waals surface area (Å²) in [7, 11) is 0. The molecule has 3 aliphatic carbocycles. The third-order valence-electron chi connectivity index (χ3n) is 5.58. The van der Waals surface area contributed by atoms with Crippen molar-refractivity contribution in [2.45, 2.75) is 50.5 Å². The van der Waals surface area contributed by atoms with Gasteiger partial charge < -0.3 is 5.32 Å². The lowest BCUT2D eigenvalue weighted by atomic mass is 9.75. The van der Waals surface area contributed by atoms with Gasteiger partial charge in [-0.1, -0.05) is 28.1 Å². The van der Waals surface area contributed by atoms with Gasteiger partial charge in [-0.2, -0.15) is 0 Å². The molecule has 3 fully saturated rings. The van der Waals surface area contributed by atoms with Crippen molar-refractivity contribution in [3.63, 3.8) is 0 Å². The minimum atomic E-state index is 0.781. The Morgan fingerprint density at radius 3 is 2.15 bits per heavy atom. The predicted molar refractivity (Wildman–Crippen MR) is 86.8 cm³/mol. The Labute approximate surface area is 130 Å². The molecule has 0 amide bonds. The fraction of sp³-hybridized carbons (Fsp3) is 0.667. The highest BCUT2D eigenvalue weighted by Crippen LogP contribution is 2.49. The second-order valence-electron chi connectivity index (χ2n) is 7.16. The molecule has 0 aromatic heterocycles. The van der Waals surface area contributed by atoms with E-state index in [4.69, 9.17) is 0 Å². The Morgan fingerprint density at radius 1 is 1.00 bits per heavy atom. The van der Waals surface area contributed by atoms with Crippen LogP contribution in [0.15, 0.2) is 28.7 Å². The normalized spacial score (nSPS) is 29.5. The van der Waals surface area contributed by atoms with E-state index in [1.54, 1.807) is 0 Å². The standard InChI is InChI=1S/C18H24BrN/c19-16-7-5-12(6-8-16)15-9-17(10-15)20-11-18(13-1-2-13)14-3-4-14/h5-8,13-15,17-18,20H,1-4,9-11H2. The van der Waals surface area contributed by atoms with E-state index in [0.29, 0.717) is 0 Å². The van der Waals surface area contributed by atoms with Crippen molar-refractivity contribution in [1.29, 1.82) is 0 Å². The van der Waals surface area contributed by atoms with Crippen molar-refractivity contribution in [2.75, 3.05) is 6.54 Å². The first-order chi connectivity index (χ1) is 9.79. The number of hydrogen-bond acceptors (Lipinski definition) is 1. The van der Waals surface area contributed by atoms with Crippen molar-refractivity contribution in [1.82, 2.24) is 5.32 Å². The van der Waals surface area contributed by atoms with Crippen LogP contribution in [0.5, 0.6) is 0 Å². The Bertz CT molecular complexity index is 443. The lowest BCUT2D eigenvalue weighted by Gasteiger charge is -2.37. The molecule has 0 spiro atoms. The summed E-state index contributed by atoms with van der Waals surface area (Å²) in [6.45, 7) is 1.30. The van der Waals surface area contributed by atoms with E-state index < -0.39 is 0 Å². The van der Waals surface area contributed by atoms with Crippen LogP contribution < -0.4 is 5.32 Å². The number of halogens is 1. The van der Waals surface area contributed by atoms with Crippen LogP contribution in [0.3, 0.4) is 0 Å². The molecule has 0 bridgehead atoms. The molecule has 3 aliphatic rings. The molecule has 1 aromatic carbocycles. The van der Waals surface area contributed by atoms with E-state index in [1.807, 2.05) is 0 Å². The van der Waals surface area contributed by atoms with Gasteiger partial charge in [-0.15, -0.1) is 0 Å². The van der Waals surface area contributed by atoms with Gasteiger partial charge in [0.15, 0.2) is 0 Å². The highest BCUT2D eigenvalue weighted by atomic mass is 79.9. The Balaban J connectivity index is 1.23. The van der Waals surface area contributed by atoms with Crippen molar-refractivity contribution in [2.24, 2.45) is 17.8 Å². The number of rotatable bonds is 6. The Hall–Kier alpha value is -0.340. The fourth-order valence-electron chi connectivity index (χ4n) is 3.86. The zero-order valence-corrected chi connectivity index (χ0v) is 13.6. The molecule has 4 rings (SSSR count). The molecule has 0 aliphatic heterocycles. The van der Waals surface area contributed by atoms with Crippen LogP contribution in [0.1, 0.15) is 50.0 Å². The summed E-state index contributed by atoms with van der Waals surface area (Å²) in [5, 5.41) is 3.86. The van der Waals surface area contributed by atoms with E-state index in [9.17, 15) is 0 Å². The summed E-state index contributed by atoms with van der Waals surface area (Å²) in [5.74, 6) is 3.97. The SMILES string of the molecule is Brc1ccc(C2CC(NCC(C3CC3)C3CC3)C2)cc1. The summed E-state index contributed by atoms with van der Waals surface area (Å²) in [6, 6.07) is 9.69. The quantitative estimate of drug-likeness (QED) is 0.794. The highest BCUT2D eigenvalue weighted by Gasteiger charge is 2.41. The zero-order chi connectivity index (χ0) is 13.5. The number of hydrogen-bond donors (Lipinski definition) is 1. The Kier molecular flexibility index (Phi) is 3.64. The van der Waals surface area contributed by atoms with Crippen LogP contribution in [0.25, 0.3) is 0 Å². The smallest absolute Gasteiger partial charge is 0.0175 e. The van der Waals surface area contributed by atoms with Gasteiger partial charge in [-0.3, -0.25) is 0 Å². The van der Waals surface area contributed by atoms with Crippen molar-refractivity contribution in [3.05, 3.63) is 34.3 Å². The van der Waals surface area contributed by atoms with Gasteiger partial charge in [0, 0.05) is 10.5 Å². The summed E-state index contributed by atoms with van der Waals surface area (Å²) >= 11 is 3.51. The molecule has 108 valence electrons. The summed E-state index contributed by atoms with van der Waals surface area (Å²) < 4.78 is 1.19. The molecular weight excluding hydrogens is 310 g/mol. The first-order valence-corrected chi connectivity index (χ1v) is 9.08. The summed E-state index contributed by atoms with van der Waals surface area (Å²) in [4.78, 5) is 0. The van der Waals surface area contributed by atoms with E-state index >= 15 is 0 Å². The molecular formula is C18H24BrN. The zero-order valence-electron chi connectivity index (χ0n) is 12.0. The lowest BCUT2D eigenvalue weighted by molar-refractivity contribution is 0.259. The van der Waals surface area contributed by atoms with Crippen LogP contribution in [0, 0.1) is 17.8 Å². The number of benzene rings is 1. The average molecular weight is 334 g/mol. The second-order valence-corrected chi connectivity index (χ2v) is 8.08. The van der Waals surface area contributed by atoms with E-state index in [0.717, 1.165) is 29.7 Å². The molecule has 1 nitrogen and oxygen atoms in total. The van der Waals surface area contributed by atoms with Gasteiger partial charge in [0.05, 0.1) is 0 Å². The van der Waals surface area contributed by atoms with E-state index in [-0.39, 0.29) is 0 Å². The largest absolute Gasteiger partial charge is 0.314 e. The molecule has 0 radical (unpaired) electrons. The van der Waals surface area contributed by atoms with Crippen molar-refractivity contribution >= 4 is 15.9 Å². The minimum absolute atomic E-state index is 0.781. The number of nitrogens with one attached hydrogen (secondary N) is 1. The molecule has 2 heteroatoms. The summed E-state index contributed by atoms with van der Waals surface area (Å²) in [6.07, 6.45) is 8.71. The maximum absolute atomic E-state index is 3.86. The van der Waals surface area contributed by atoms with Crippen LogP contribution >= 0.6 is 15.9 Å². The van der Waals surface area contributed by atoms with E-state index in [2.05, 4.69) is 45.5 Å². The van der Waals surface area contributed by atoms with Crippen LogP contribution in [-0.4, -0.2) is 12.6 Å². The minimum Gasteiger partial charge on any atom is -0.314 e. The molecule has 0 unspecified atom stereocenters. The molecule has 1 N–H and O–H groups in total. The molecule has 20 heavy (non-hydrogen) atoms. The summed E-state index contributed by atoms with van der Waals surface area (Å²) in [5.41, 5.74) is 1.52. The van der Waals surface area contributed by atoms with Gasteiger partial charge in [0.2, 0.25) is 0 Å². The molecule has 1 aromatic rings. The molecule has 3 saturated carbocycles. The van der Waals surface area contributed by atoms with Crippen LogP contribution in [0.4, 0.5) is 0 Å². The topological polar surface area (TPSA) is 12.0 Å². The van der Waals surface area contributed by atoms with Gasteiger partial charge >= 0.3 is 0 Å². The fourth-order valence-corrected chi connectivity index (χ4v) is 4.13. The third-order valence-corrected chi connectivity index (χ3v) is 6.11. The molecule has 0 atom stereocenters. The third kappa shape index (κ3) is 2.96. The monoisotopic (exact) mass is 333 g/mol. The van der Waals surface area contributed by atoms with E-state index in [1.165, 1.54) is 55.1 Å². The lowest BCUT2D eigenvalue weighted by Crippen LogP contribution is -2.42. The second kappa shape index (κ2) is 5.46. The maximum Gasteiger partial charge on any atom is 0.0175 e. The first-order valence-electron chi connectivity index (χ1n) is 8.28. The van der Waals surface area contributed by atoms with Crippen molar-refractivity contribution in [3.8, 4) is 0 Å². The van der Waals surface area contributed by atoms with Gasteiger partial charge in [-0.05, 0) is 86.4 Å². The average Bonchev–Trinajstić information content (AvgIpc) is 3.25. The predicted octanol–water partition coefficient (Wildman–Crippen LogP) is 4.72. The molecule has 0 saturated heterocycles. The van der Waals surface area contributed by atoms with Crippen molar-refractivity contribution < 1.29 is 0 Å². The maximum atomic E-state index is 3.86. The van der Waals surface area contributed by atoms with Crippen LogP contribution in [0.2, 0.25) is 0 Å². The Morgan fingerprint density at radius 2 is 1.60 bits per heavy atom. The van der Waals surface area contributed by atoms with Gasteiger partial charge in [0.25, 0.3) is 0 Å². The highest BCUT2D eigenvalue weighted by molar-refractivity contribution is 9.10.